The zero-order valence-corrected chi connectivity index (χ0v) is 15.2. The largest absolute Gasteiger partial charge is 0.492 e. The second-order valence-corrected chi connectivity index (χ2v) is 5.87. The van der Waals surface area contributed by atoms with Gasteiger partial charge >= 0.3 is 0 Å². The summed E-state index contributed by atoms with van der Waals surface area (Å²) < 4.78 is 5.38. The molecule has 0 aliphatic rings. The number of thioether (sulfide) groups is 1. The number of nitrogens with two attached hydrogens (primary N) is 1. The standard InChI is InChI=1S/C16H20N4O2S.ClH/c1-11-9-12(2)19-16(18-11)23-10-15(21)20-13-3-5-14(6-4-13)22-8-7-17;/h3-6,9H,7-8,10,17H2,1-2H3,(H,20,21);1H. The average Bonchev–Trinajstić information content (AvgIpc) is 2.51. The molecule has 0 saturated heterocycles. The third-order valence-corrected chi connectivity index (χ3v) is 3.67. The molecule has 0 bridgehead atoms. The minimum absolute atomic E-state index is 0. The van der Waals surface area contributed by atoms with Crippen LogP contribution in [0.4, 0.5) is 5.69 Å². The van der Waals surface area contributed by atoms with Crippen LogP contribution in [0.5, 0.6) is 5.75 Å². The second kappa shape index (κ2) is 10.1. The van der Waals surface area contributed by atoms with Crippen LogP contribution in [-0.4, -0.2) is 34.8 Å². The summed E-state index contributed by atoms with van der Waals surface area (Å²) in [5.74, 6) is 0.883. The number of aryl methyl sites for hydroxylation is 2. The van der Waals surface area contributed by atoms with Crippen LogP contribution in [0.3, 0.4) is 0 Å². The first-order chi connectivity index (χ1) is 11.1. The Bertz CT molecular complexity index is 647. The Hall–Kier alpha value is -1.83. The normalized spacial score (nSPS) is 9.96. The van der Waals surface area contributed by atoms with Gasteiger partial charge in [0.15, 0.2) is 5.16 Å². The Kier molecular flexibility index (Phi) is 8.53. The third-order valence-electron chi connectivity index (χ3n) is 2.82. The molecule has 2 aromatic rings. The highest BCUT2D eigenvalue weighted by molar-refractivity contribution is 7.99. The summed E-state index contributed by atoms with van der Waals surface area (Å²) in [5.41, 5.74) is 7.89. The second-order valence-electron chi connectivity index (χ2n) is 4.93. The number of amides is 1. The van der Waals surface area contributed by atoms with Crippen molar-refractivity contribution in [2.45, 2.75) is 19.0 Å². The fourth-order valence-corrected chi connectivity index (χ4v) is 2.65. The van der Waals surface area contributed by atoms with Gasteiger partial charge in [-0.1, -0.05) is 11.8 Å². The van der Waals surface area contributed by atoms with E-state index in [-0.39, 0.29) is 24.1 Å². The van der Waals surface area contributed by atoms with Gasteiger partial charge in [0.1, 0.15) is 12.4 Å². The molecular weight excluding hydrogens is 348 g/mol. The average molecular weight is 369 g/mol. The lowest BCUT2D eigenvalue weighted by molar-refractivity contribution is -0.113. The number of hydrogen-bond acceptors (Lipinski definition) is 6. The molecule has 0 saturated carbocycles. The Balaban J connectivity index is 0.00000288. The van der Waals surface area contributed by atoms with E-state index >= 15 is 0 Å². The van der Waals surface area contributed by atoms with E-state index in [0.717, 1.165) is 22.8 Å². The molecule has 6 nitrogen and oxygen atoms in total. The molecule has 2 rings (SSSR count). The number of ether oxygens (including phenoxy) is 1. The van der Waals surface area contributed by atoms with Crippen LogP contribution in [0.25, 0.3) is 0 Å². The number of halogens is 1. The zero-order valence-electron chi connectivity index (χ0n) is 13.6. The zero-order chi connectivity index (χ0) is 16.7. The summed E-state index contributed by atoms with van der Waals surface area (Å²) in [4.78, 5) is 20.6. The molecule has 0 aliphatic heterocycles. The minimum atomic E-state index is -0.103. The van der Waals surface area contributed by atoms with Crippen molar-refractivity contribution in [2.24, 2.45) is 5.73 Å². The van der Waals surface area contributed by atoms with E-state index in [1.165, 1.54) is 11.8 Å². The SMILES string of the molecule is Cc1cc(C)nc(SCC(=O)Nc2ccc(OCCN)cc2)n1.Cl. The molecular formula is C16H21ClN4O2S. The van der Waals surface area contributed by atoms with Gasteiger partial charge in [-0.05, 0) is 44.2 Å². The molecule has 3 N–H and O–H groups in total. The summed E-state index contributed by atoms with van der Waals surface area (Å²) >= 11 is 1.32. The number of aromatic nitrogens is 2. The summed E-state index contributed by atoms with van der Waals surface area (Å²) in [6, 6.07) is 9.08. The van der Waals surface area contributed by atoms with Gasteiger partial charge in [-0.15, -0.1) is 12.4 Å². The van der Waals surface area contributed by atoms with Gasteiger partial charge in [-0.25, -0.2) is 9.97 Å². The van der Waals surface area contributed by atoms with Crippen molar-refractivity contribution in [1.29, 1.82) is 0 Å². The van der Waals surface area contributed by atoms with E-state index in [0.29, 0.717) is 18.3 Å². The first-order valence-electron chi connectivity index (χ1n) is 7.24. The first kappa shape index (κ1) is 20.2. The molecule has 24 heavy (non-hydrogen) atoms. The predicted octanol–water partition coefficient (Wildman–Crippen LogP) is 2.58. The molecule has 0 atom stereocenters. The number of benzene rings is 1. The first-order valence-corrected chi connectivity index (χ1v) is 8.23. The fourth-order valence-electron chi connectivity index (χ4n) is 1.90. The summed E-state index contributed by atoms with van der Waals surface area (Å²) in [5, 5.41) is 3.44. The van der Waals surface area contributed by atoms with E-state index in [9.17, 15) is 4.79 Å². The Labute approximate surface area is 152 Å². The maximum Gasteiger partial charge on any atom is 0.234 e. The van der Waals surface area contributed by atoms with E-state index in [1.807, 2.05) is 19.9 Å². The highest BCUT2D eigenvalue weighted by Gasteiger charge is 2.07. The van der Waals surface area contributed by atoms with Gasteiger partial charge in [0.05, 0.1) is 5.75 Å². The van der Waals surface area contributed by atoms with E-state index in [2.05, 4.69) is 15.3 Å². The lowest BCUT2D eigenvalue weighted by Crippen LogP contribution is -2.14. The molecule has 8 heteroatoms. The number of hydrogen-bond donors (Lipinski definition) is 2. The van der Waals surface area contributed by atoms with E-state index in [4.69, 9.17) is 10.5 Å². The summed E-state index contributed by atoms with van der Waals surface area (Å²) in [7, 11) is 0. The number of anilines is 1. The monoisotopic (exact) mass is 368 g/mol. The van der Waals surface area contributed by atoms with Crippen LogP contribution < -0.4 is 15.8 Å². The summed E-state index contributed by atoms with van der Waals surface area (Å²) in [6.07, 6.45) is 0. The summed E-state index contributed by atoms with van der Waals surface area (Å²) in [6.45, 7) is 4.76. The lowest BCUT2D eigenvalue weighted by atomic mass is 10.3. The molecule has 1 aromatic carbocycles. The van der Waals surface area contributed by atoms with Crippen molar-refractivity contribution < 1.29 is 9.53 Å². The van der Waals surface area contributed by atoms with Crippen LogP contribution in [0.2, 0.25) is 0 Å². The van der Waals surface area contributed by atoms with Crippen molar-refractivity contribution in [3.63, 3.8) is 0 Å². The van der Waals surface area contributed by atoms with Gasteiger partial charge in [0.2, 0.25) is 5.91 Å². The van der Waals surface area contributed by atoms with Crippen LogP contribution in [0, 0.1) is 13.8 Å². The number of rotatable bonds is 7. The van der Waals surface area contributed by atoms with Gasteiger partial charge in [0, 0.05) is 23.6 Å². The fraction of sp³-hybridized carbons (Fsp3) is 0.312. The van der Waals surface area contributed by atoms with Crippen LogP contribution in [-0.2, 0) is 4.79 Å². The van der Waals surface area contributed by atoms with Gasteiger partial charge in [-0.2, -0.15) is 0 Å². The molecule has 1 amide bonds. The Morgan fingerprint density at radius 2 is 1.83 bits per heavy atom. The Morgan fingerprint density at radius 3 is 2.42 bits per heavy atom. The maximum absolute atomic E-state index is 12.0. The van der Waals surface area contributed by atoms with Gasteiger partial charge < -0.3 is 15.8 Å². The molecule has 1 aromatic heterocycles. The highest BCUT2D eigenvalue weighted by atomic mass is 35.5. The lowest BCUT2D eigenvalue weighted by Gasteiger charge is -2.07. The van der Waals surface area contributed by atoms with Crippen molar-refractivity contribution in [3.8, 4) is 5.75 Å². The Morgan fingerprint density at radius 1 is 1.21 bits per heavy atom. The molecule has 0 spiro atoms. The van der Waals surface area contributed by atoms with Gasteiger partial charge in [-0.3, -0.25) is 4.79 Å². The molecule has 1 heterocycles. The van der Waals surface area contributed by atoms with Crippen LogP contribution in [0.15, 0.2) is 35.5 Å². The molecule has 0 fully saturated rings. The highest BCUT2D eigenvalue weighted by Crippen LogP contribution is 2.17. The van der Waals surface area contributed by atoms with E-state index in [1.54, 1.807) is 24.3 Å². The molecule has 0 radical (unpaired) electrons. The van der Waals surface area contributed by atoms with Gasteiger partial charge in [0.25, 0.3) is 0 Å². The van der Waals surface area contributed by atoms with Crippen LogP contribution >= 0.6 is 24.2 Å². The predicted molar refractivity (Wildman–Crippen MR) is 99.1 cm³/mol. The van der Waals surface area contributed by atoms with E-state index < -0.39 is 0 Å². The number of nitrogens with zero attached hydrogens (tertiary/aromatic N) is 2. The number of carbonyl (C=O) groups excluding carboxylic acids is 1. The molecule has 0 aliphatic carbocycles. The maximum atomic E-state index is 12.0. The topological polar surface area (TPSA) is 90.1 Å². The third kappa shape index (κ3) is 6.74. The van der Waals surface area contributed by atoms with Crippen LogP contribution in [0.1, 0.15) is 11.4 Å². The van der Waals surface area contributed by atoms with Crippen molar-refractivity contribution in [2.75, 3.05) is 24.2 Å². The quantitative estimate of drug-likeness (QED) is 0.576. The smallest absolute Gasteiger partial charge is 0.234 e. The van der Waals surface area contributed by atoms with Crippen molar-refractivity contribution in [3.05, 3.63) is 41.7 Å². The minimum Gasteiger partial charge on any atom is -0.492 e. The van der Waals surface area contributed by atoms with Crippen molar-refractivity contribution >= 4 is 35.8 Å². The number of nitrogens with one attached hydrogen (secondary N) is 1. The van der Waals surface area contributed by atoms with Crippen molar-refractivity contribution in [1.82, 2.24) is 9.97 Å². The number of carbonyl (C=O) groups is 1. The molecule has 0 unspecified atom stereocenters. The molecule has 130 valence electrons.